The average Bonchev–Trinajstić information content (AvgIpc) is 2.77. The molecule has 0 radical (unpaired) electrons. The fraction of sp³-hybridized carbons (Fsp3) is 0.867. The van der Waals surface area contributed by atoms with Crippen LogP contribution in [0, 0.1) is 11.3 Å². The molecule has 0 aromatic heterocycles. The van der Waals surface area contributed by atoms with Crippen molar-refractivity contribution in [2.45, 2.75) is 52.1 Å². The molecule has 1 saturated heterocycles. The molecule has 6 heteroatoms. The normalized spacial score (nSPS) is 21.8. The first-order chi connectivity index (χ1) is 9.73. The molecule has 122 valence electrons. The van der Waals surface area contributed by atoms with Crippen LogP contribution in [0.5, 0.6) is 0 Å². The van der Waals surface area contributed by atoms with E-state index in [1.165, 1.54) is 7.11 Å². The number of nitrogens with two attached hydrogens (primary N) is 1. The summed E-state index contributed by atoms with van der Waals surface area (Å²) in [6, 6.07) is -0.510. The first-order valence-electron chi connectivity index (χ1n) is 7.57. The van der Waals surface area contributed by atoms with E-state index < -0.39 is 6.04 Å². The predicted octanol–water partition coefficient (Wildman–Crippen LogP) is 0.407. The molecule has 1 heterocycles. The van der Waals surface area contributed by atoms with E-state index >= 15 is 0 Å². The van der Waals surface area contributed by atoms with Gasteiger partial charge in [-0.25, -0.2) is 0 Å². The van der Waals surface area contributed by atoms with Gasteiger partial charge in [-0.1, -0.05) is 20.8 Å². The van der Waals surface area contributed by atoms with Crippen molar-refractivity contribution in [1.82, 2.24) is 10.6 Å². The van der Waals surface area contributed by atoms with Crippen LogP contribution in [-0.4, -0.2) is 44.2 Å². The van der Waals surface area contributed by atoms with Gasteiger partial charge in [0.2, 0.25) is 5.91 Å². The van der Waals surface area contributed by atoms with Crippen LogP contribution in [0.25, 0.3) is 0 Å². The van der Waals surface area contributed by atoms with Gasteiger partial charge in [-0.2, -0.15) is 0 Å². The lowest BCUT2D eigenvalue weighted by atomic mass is 9.88. The quantitative estimate of drug-likeness (QED) is 0.592. The molecule has 4 N–H and O–H groups in total. The Morgan fingerprint density at radius 3 is 2.67 bits per heavy atom. The fourth-order valence-electron chi connectivity index (χ4n) is 2.71. The SMILES string of the molecule is COC(=O)C(C[C@@H]1CCNC1=O)NCC(N)CC(C)(C)C. The number of ether oxygens (including phenoxy) is 1. The third kappa shape index (κ3) is 6.44. The topological polar surface area (TPSA) is 93.4 Å². The molecule has 21 heavy (non-hydrogen) atoms. The molecule has 0 aromatic carbocycles. The van der Waals surface area contributed by atoms with E-state index in [2.05, 4.69) is 31.4 Å². The Balaban J connectivity index is 2.50. The van der Waals surface area contributed by atoms with Crippen molar-refractivity contribution in [2.75, 3.05) is 20.2 Å². The van der Waals surface area contributed by atoms with Crippen molar-refractivity contribution in [3.8, 4) is 0 Å². The smallest absolute Gasteiger partial charge is 0.322 e. The molecule has 1 amide bonds. The number of carbonyl (C=O) groups excluding carboxylic acids is 2. The second-order valence-electron chi connectivity index (χ2n) is 7.02. The lowest BCUT2D eigenvalue weighted by Crippen LogP contribution is -2.46. The van der Waals surface area contributed by atoms with Crippen molar-refractivity contribution in [3.05, 3.63) is 0 Å². The molecule has 0 aliphatic carbocycles. The molecule has 6 nitrogen and oxygen atoms in total. The van der Waals surface area contributed by atoms with Crippen LogP contribution in [0.1, 0.15) is 40.0 Å². The number of esters is 1. The zero-order valence-corrected chi connectivity index (χ0v) is 13.6. The second-order valence-corrected chi connectivity index (χ2v) is 7.02. The maximum atomic E-state index is 11.8. The highest BCUT2D eigenvalue weighted by Crippen LogP contribution is 2.20. The molecular formula is C15H29N3O3. The number of rotatable bonds is 7. The summed E-state index contributed by atoms with van der Waals surface area (Å²) in [6.45, 7) is 7.61. The van der Waals surface area contributed by atoms with Gasteiger partial charge < -0.3 is 21.1 Å². The lowest BCUT2D eigenvalue weighted by Gasteiger charge is -2.25. The van der Waals surface area contributed by atoms with Crippen LogP contribution in [0.2, 0.25) is 0 Å². The lowest BCUT2D eigenvalue weighted by molar-refractivity contribution is -0.143. The average molecular weight is 299 g/mol. The summed E-state index contributed by atoms with van der Waals surface area (Å²) in [5.41, 5.74) is 6.24. The highest BCUT2D eigenvalue weighted by molar-refractivity contribution is 5.82. The maximum Gasteiger partial charge on any atom is 0.322 e. The summed E-state index contributed by atoms with van der Waals surface area (Å²) in [7, 11) is 1.36. The van der Waals surface area contributed by atoms with E-state index in [-0.39, 0.29) is 29.3 Å². The molecule has 0 saturated carbocycles. The largest absolute Gasteiger partial charge is 0.468 e. The minimum absolute atomic E-state index is 0.0182. The Hall–Kier alpha value is -1.14. The first-order valence-corrected chi connectivity index (χ1v) is 7.57. The van der Waals surface area contributed by atoms with Gasteiger partial charge in [0.1, 0.15) is 6.04 Å². The summed E-state index contributed by atoms with van der Waals surface area (Å²) in [5, 5.41) is 5.95. The first kappa shape index (κ1) is 17.9. The Morgan fingerprint density at radius 1 is 1.52 bits per heavy atom. The van der Waals surface area contributed by atoms with Gasteiger partial charge in [0.05, 0.1) is 7.11 Å². The Morgan fingerprint density at radius 2 is 2.19 bits per heavy atom. The number of hydrogen-bond donors (Lipinski definition) is 3. The standard InChI is InChI=1S/C15H29N3O3/c1-15(2,3)8-11(16)9-18-12(14(20)21-4)7-10-5-6-17-13(10)19/h10-12,18H,5-9,16H2,1-4H3,(H,17,19)/t10-,11?,12?/m0/s1. The van der Waals surface area contributed by atoms with Crippen molar-refractivity contribution < 1.29 is 14.3 Å². The summed E-state index contributed by atoms with van der Waals surface area (Å²) in [4.78, 5) is 23.5. The van der Waals surface area contributed by atoms with Gasteiger partial charge in [-0.05, 0) is 24.7 Å². The Kier molecular flexibility index (Phi) is 6.61. The van der Waals surface area contributed by atoms with E-state index in [1.807, 2.05) is 0 Å². The zero-order chi connectivity index (χ0) is 16.0. The van der Waals surface area contributed by atoms with Gasteiger partial charge in [0.25, 0.3) is 0 Å². The third-order valence-electron chi connectivity index (χ3n) is 3.67. The molecule has 3 atom stereocenters. The van der Waals surface area contributed by atoms with E-state index in [1.54, 1.807) is 0 Å². The predicted molar refractivity (Wildman–Crippen MR) is 81.6 cm³/mol. The summed E-state index contributed by atoms with van der Waals surface area (Å²) < 4.78 is 4.82. The van der Waals surface area contributed by atoms with E-state index in [0.29, 0.717) is 19.5 Å². The van der Waals surface area contributed by atoms with Gasteiger partial charge in [0.15, 0.2) is 0 Å². The van der Waals surface area contributed by atoms with Crippen LogP contribution < -0.4 is 16.4 Å². The van der Waals surface area contributed by atoms with Gasteiger partial charge in [-0.15, -0.1) is 0 Å². The van der Waals surface area contributed by atoms with Crippen LogP contribution in [0.4, 0.5) is 0 Å². The molecule has 0 aromatic rings. The minimum atomic E-state index is -0.477. The van der Waals surface area contributed by atoms with Crippen molar-refractivity contribution in [3.63, 3.8) is 0 Å². The highest BCUT2D eigenvalue weighted by Gasteiger charge is 2.31. The molecule has 1 aliphatic heterocycles. The third-order valence-corrected chi connectivity index (χ3v) is 3.67. The summed E-state index contributed by atoms with van der Waals surface area (Å²) in [6.07, 6.45) is 2.08. The second kappa shape index (κ2) is 7.75. The van der Waals surface area contributed by atoms with E-state index in [0.717, 1.165) is 12.8 Å². The molecular weight excluding hydrogens is 270 g/mol. The fourth-order valence-corrected chi connectivity index (χ4v) is 2.71. The van der Waals surface area contributed by atoms with Gasteiger partial charge >= 0.3 is 5.97 Å². The van der Waals surface area contributed by atoms with Crippen molar-refractivity contribution in [2.24, 2.45) is 17.1 Å². The molecule has 1 rings (SSSR count). The number of nitrogens with one attached hydrogen (secondary N) is 2. The molecule has 0 spiro atoms. The minimum Gasteiger partial charge on any atom is -0.468 e. The number of amides is 1. The Labute approximate surface area is 127 Å². The van der Waals surface area contributed by atoms with Crippen molar-refractivity contribution in [1.29, 1.82) is 0 Å². The highest BCUT2D eigenvalue weighted by atomic mass is 16.5. The number of hydrogen-bond acceptors (Lipinski definition) is 5. The monoisotopic (exact) mass is 299 g/mol. The van der Waals surface area contributed by atoms with Crippen molar-refractivity contribution >= 4 is 11.9 Å². The molecule has 0 bridgehead atoms. The number of carbonyl (C=O) groups is 2. The molecule has 1 fully saturated rings. The van der Waals surface area contributed by atoms with Gasteiger partial charge in [0, 0.05) is 25.0 Å². The molecule has 1 aliphatic rings. The van der Waals surface area contributed by atoms with Gasteiger partial charge in [-0.3, -0.25) is 9.59 Å². The molecule has 2 unspecified atom stereocenters. The summed E-state index contributed by atoms with van der Waals surface area (Å²) in [5.74, 6) is -0.442. The van der Waals surface area contributed by atoms with E-state index in [9.17, 15) is 9.59 Å². The van der Waals surface area contributed by atoms with E-state index in [4.69, 9.17) is 10.5 Å². The van der Waals surface area contributed by atoms with Crippen LogP contribution in [0.15, 0.2) is 0 Å². The van der Waals surface area contributed by atoms with Crippen LogP contribution in [0.3, 0.4) is 0 Å². The zero-order valence-electron chi connectivity index (χ0n) is 13.6. The summed E-state index contributed by atoms with van der Waals surface area (Å²) >= 11 is 0. The van der Waals surface area contributed by atoms with Crippen LogP contribution in [-0.2, 0) is 14.3 Å². The Bertz CT molecular complexity index is 366. The number of methoxy groups -OCH3 is 1. The maximum absolute atomic E-state index is 11.8. The van der Waals surface area contributed by atoms with Crippen LogP contribution >= 0.6 is 0 Å².